The first-order valence-corrected chi connectivity index (χ1v) is 5.73. The van der Waals surface area contributed by atoms with Gasteiger partial charge in [0.2, 0.25) is 0 Å². The molecule has 0 aliphatic heterocycles. The number of carbonyl (C=O) groups is 1. The summed E-state index contributed by atoms with van der Waals surface area (Å²) >= 11 is 0. The van der Waals surface area contributed by atoms with Crippen molar-refractivity contribution in [3.63, 3.8) is 0 Å². The minimum Gasteiger partial charge on any atom is -0.468 e. The molecule has 19 heavy (non-hydrogen) atoms. The second-order valence-electron chi connectivity index (χ2n) is 4.06. The van der Waals surface area contributed by atoms with Gasteiger partial charge in [-0.05, 0) is 25.2 Å². The van der Waals surface area contributed by atoms with Crippen LogP contribution in [-0.2, 0) is 14.3 Å². The van der Waals surface area contributed by atoms with Crippen LogP contribution in [0.4, 0.5) is 8.78 Å². The minimum absolute atomic E-state index is 0.0505. The molecule has 0 saturated carbocycles. The fourth-order valence-corrected chi connectivity index (χ4v) is 1.74. The van der Waals surface area contributed by atoms with Gasteiger partial charge in [0.15, 0.2) is 0 Å². The van der Waals surface area contributed by atoms with Gasteiger partial charge in [0, 0.05) is 19.2 Å². The molecular formula is C13H17F2NO3. The van der Waals surface area contributed by atoms with Gasteiger partial charge in [0.05, 0.1) is 13.7 Å². The number of nitrogens with zero attached hydrogens (tertiary/aromatic N) is 1. The molecule has 106 valence electrons. The van der Waals surface area contributed by atoms with E-state index in [-0.39, 0.29) is 5.56 Å². The van der Waals surface area contributed by atoms with E-state index in [0.29, 0.717) is 13.2 Å². The molecule has 0 aromatic heterocycles. The van der Waals surface area contributed by atoms with Gasteiger partial charge in [-0.3, -0.25) is 4.90 Å². The second kappa shape index (κ2) is 7.16. The Morgan fingerprint density at radius 3 is 2.63 bits per heavy atom. The van der Waals surface area contributed by atoms with Crippen LogP contribution in [0.2, 0.25) is 0 Å². The highest BCUT2D eigenvalue weighted by Gasteiger charge is 2.28. The monoisotopic (exact) mass is 273 g/mol. The molecule has 0 unspecified atom stereocenters. The Hall–Kier alpha value is -1.53. The first kappa shape index (κ1) is 15.5. The maximum atomic E-state index is 13.8. The Labute approximate surface area is 110 Å². The number of rotatable bonds is 6. The van der Waals surface area contributed by atoms with E-state index < -0.39 is 23.6 Å². The molecule has 0 bridgehead atoms. The van der Waals surface area contributed by atoms with Gasteiger partial charge in [-0.1, -0.05) is 0 Å². The molecule has 0 saturated heterocycles. The second-order valence-corrected chi connectivity index (χ2v) is 4.06. The Bertz CT molecular complexity index is 440. The smallest absolute Gasteiger partial charge is 0.327 e. The lowest BCUT2D eigenvalue weighted by molar-refractivity contribution is -0.147. The van der Waals surface area contributed by atoms with Crippen LogP contribution >= 0.6 is 0 Å². The van der Waals surface area contributed by atoms with Crippen LogP contribution in [0.5, 0.6) is 0 Å². The number of esters is 1. The number of benzene rings is 1. The molecule has 1 atom stereocenters. The zero-order valence-electron chi connectivity index (χ0n) is 11.2. The van der Waals surface area contributed by atoms with Crippen LogP contribution in [0.1, 0.15) is 11.6 Å². The van der Waals surface area contributed by atoms with Crippen molar-refractivity contribution < 1.29 is 23.0 Å². The van der Waals surface area contributed by atoms with Crippen molar-refractivity contribution in [1.29, 1.82) is 0 Å². The summed E-state index contributed by atoms with van der Waals surface area (Å²) in [5.74, 6) is -1.91. The molecule has 0 spiro atoms. The van der Waals surface area contributed by atoms with Gasteiger partial charge in [0.25, 0.3) is 0 Å². The summed E-state index contributed by atoms with van der Waals surface area (Å²) in [6, 6.07) is 1.99. The zero-order valence-corrected chi connectivity index (χ0v) is 11.2. The van der Waals surface area contributed by atoms with E-state index in [9.17, 15) is 13.6 Å². The highest BCUT2D eigenvalue weighted by Crippen LogP contribution is 2.24. The molecule has 4 nitrogen and oxygen atoms in total. The topological polar surface area (TPSA) is 38.8 Å². The van der Waals surface area contributed by atoms with E-state index >= 15 is 0 Å². The Morgan fingerprint density at radius 1 is 1.37 bits per heavy atom. The summed E-state index contributed by atoms with van der Waals surface area (Å²) in [5, 5.41) is 0. The van der Waals surface area contributed by atoms with Crippen molar-refractivity contribution in [3.8, 4) is 0 Å². The third-order valence-electron chi connectivity index (χ3n) is 2.77. The maximum Gasteiger partial charge on any atom is 0.327 e. The molecule has 6 heteroatoms. The Kier molecular flexibility index (Phi) is 5.85. The highest BCUT2D eigenvalue weighted by atomic mass is 19.1. The fraction of sp³-hybridized carbons (Fsp3) is 0.462. The fourth-order valence-electron chi connectivity index (χ4n) is 1.74. The SMILES string of the molecule is COCCN(C)[C@@H](C(=O)OC)c1cc(F)ccc1F. The number of likely N-dealkylation sites (N-methyl/N-ethyl adjacent to an activating group) is 1. The largest absolute Gasteiger partial charge is 0.468 e. The maximum absolute atomic E-state index is 13.8. The van der Waals surface area contributed by atoms with Gasteiger partial charge in [-0.2, -0.15) is 0 Å². The number of ether oxygens (including phenoxy) is 2. The molecule has 0 radical (unpaired) electrons. The normalized spacial score (nSPS) is 12.5. The van der Waals surface area contributed by atoms with Crippen molar-refractivity contribution in [2.75, 3.05) is 34.4 Å². The summed E-state index contributed by atoms with van der Waals surface area (Å²) in [5.41, 5.74) is -0.0505. The van der Waals surface area contributed by atoms with Crippen molar-refractivity contribution in [3.05, 3.63) is 35.4 Å². The van der Waals surface area contributed by atoms with E-state index in [0.717, 1.165) is 18.2 Å². The van der Waals surface area contributed by atoms with Crippen molar-refractivity contribution in [1.82, 2.24) is 4.90 Å². The Morgan fingerprint density at radius 2 is 2.05 bits per heavy atom. The van der Waals surface area contributed by atoms with Crippen LogP contribution in [-0.4, -0.2) is 45.3 Å². The summed E-state index contributed by atoms with van der Waals surface area (Å²) in [4.78, 5) is 13.3. The van der Waals surface area contributed by atoms with Gasteiger partial charge in [-0.15, -0.1) is 0 Å². The third kappa shape index (κ3) is 3.97. The van der Waals surface area contributed by atoms with E-state index in [2.05, 4.69) is 4.74 Å². The first-order valence-electron chi connectivity index (χ1n) is 5.73. The van der Waals surface area contributed by atoms with E-state index in [1.54, 1.807) is 11.9 Å². The quantitative estimate of drug-likeness (QED) is 0.740. The molecule has 0 amide bonds. The molecule has 0 fully saturated rings. The molecule has 0 aliphatic rings. The van der Waals surface area contributed by atoms with Crippen LogP contribution in [0.3, 0.4) is 0 Å². The van der Waals surface area contributed by atoms with Crippen molar-refractivity contribution in [2.45, 2.75) is 6.04 Å². The lowest BCUT2D eigenvalue weighted by Crippen LogP contribution is -2.34. The molecule has 0 heterocycles. The summed E-state index contributed by atoms with van der Waals surface area (Å²) in [7, 11) is 4.34. The lowest BCUT2D eigenvalue weighted by atomic mass is 10.0. The summed E-state index contributed by atoms with van der Waals surface area (Å²) in [6.07, 6.45) is 0. The number of hydrogen-bond donors (Lipinski definition) is 0. The van der Waals surface area contributed by atoms with Crippen molar-refractivity contribution in [2.24, 2.45) is 0 Å². The van der Waals surface area contributed by atoms with Gasteiger partial charge in [-0.25, -0.2) is 13.6 Å². The number of methoxy groups -OCH3 is 2. The van der Waals surface area contributed by atoms with Gasteiger partial charge < -0.3 is 9.47 Å². The van der Waals surface area contributed by atoms with Gasteiger partial charge >= 0.3 is 5.97 Å². The molecule has 1 aromatic carbocycles. The predicted octanol–water partition coefficient (Wildman–Crippen LogP) is 1.76. The molecule has 1 aromatic rings. The minimum atomic E-state index is -1.00. The average molecular weight is 273 g/mol. The molecular weight excluding hydrogens is 256 g/mol. The summed E-state index contributed by atoms with van der Waals surface area (Å²) < 4.78 is 36.6. The van der Waals surface area contributed by atoms with Crippen molar-refractivity contribution >= 4 is 5.97 Å². The molecule has 0 N–H and O–H groups in total. The number of carbonyl (C=O) groups excluding carboxylic acids is 1. The zero-order chi connectivity index (χ0) is 14.4. The van der Waals surface area contributed by atoms with E-state index in [4.69, 9.17) is 4.74 Å². The predicted molar refractivity (Wildman–Crippen MR) is 65.6 cm³/mol. The van der Waals surface area contributed by atoms with Gasteiger partial charge in [0.1, 0.15) is 17.7 Å². The standard InChI is InChI=1S/C13H17F2NO3/c1-16(6-7-18-2)12(13(17)19-3)10-8-9(14)4-5-11(10)15/h4-5,8,12H,6-7H2,1-3H3/t12-/m1/s1. The number of hydrogen-bond acceptors (Lipinski definition) is 4. The lowest BCUT2D eigenvalue weighted by Gasteiger charge is -2.26. The third-order valence-corrected chi connectivity index (χ3v) is 2.77. The van der Waals surface area contributed by atoms with E-state index in [1.807, 2.05) is 0 Å². The molecule has 1 rings (SSSR count). The first-order chi connectivity index (χ1) is 9.01. The van der Waals surface area contributed by atoms with Crippen LogP contribution in [0, 0.1) is 11.6 Å². The number of halogens is 2. The Balaban J connectivity index is 3.08. The average Bonchev–Trinajstić information content (AvgIpc) is 2.40. The highest BCUT2D eigenvalue weighted by molar-refractivity contribution is 5.77. The van der Waals surface area contributed by atoms with Crippen LogP contribution in [0.25, 0.3) is 0 Å². The summed E-state index contributed by atoms with van der Waals surface area (Å²) in [6.45, 7) is 0.743. The van der Waals surface area contributed by atoms with Crippen LogP contribution < -0.4 is 0 Å². The van der Waals surface area contributed by atoms with Crippen LogP contribution in [0.15, 0.2) is 18.2 Å². The molecule has 0 aliphatic carbocycles. The van der Waals surface area contributed by atoms with E-state index in [1.165, 1.54) is 14.2 Å².